The Balaban J connectivity index is 2.07. The van der Waals surface area contributed by atoms with Gasteiger partial charge in [-0.25, -0.2) is 0 Å². The SMILES string of the molecule is C=CCN(C)C[C@@]1(O)CCCN(Cc2cccc(C)c2)C1=O. The molecule has 0 saturated carbocycles. The van der Waals surface area contributed by atoms with Gasteiger partial charge in [-0.05, 0) is 32.4 Å². The first-order valence-electron chi connectivity index (χ1n) is 7.81. The number of likely N-dealkylation sites (N-methyl/N-ethyl adjacent to an activating group) is 1. The molecule has 0 spiro atoms. The predicted octanol–water partition coefficient (Wildman–Crippen LogP) is 1.97. The molecule has 4 nitrogen and oxygen atoms in total. The zero-order chi connectivity index (χ0) is 16.2. The third-order valence-corrected chi connectivity index (χ3v) is 4.13. The van der Waals surface area contributed by atoms with Crippen LogP contribution < -0.4 is 0 Å². The molecule has 1 aliphatic rings. The summed E-state index contributed by atoms with van der Waals surface area (Å²) in [5.41, 5.74) is 1.01. The summed E-state index contributed by atoms with van der Waals surface area (Å²) in [5.74, 6) is -0.156. The van der Waals surface area contributed by atoms with Crippen molar-refractivity contribution in [3.05, 3.63) is 48.0 Å². The Bertz CT molecular complexity index is 544. The predicted molar refractivity (Wildman–Crippen MR) is 88.5 cm³/mol. The Hall–Kier alpha value is -1.65. The van der Waals surface area contributed by atoms with Gasteiger partial charge >= 0.3 is 0 Å². The normalized spacial score (nSPS) is 22.2. The molecule has 1 saturated heterocycles. The van der Waals surface area contributed by atoms with Crippen LogP contribution in [-0.2, 0) is 11.3 Å². The van der Waals surface area contributed by atoms with E-state index in [2.05, 4.69) is 12.6 Å². The van der Waals surface area contributed by atoms with Gasteiger partial charge in [0.25, 0.3) is 5.91 Å². The Labute approximate surface area is 133 Å². The van der Waals surface area contributed by atoms with Crippen molar-refractivity contribution in [3.63, 3.8) is 0 Å². The van der Waals surface area contributed by atoms with Crippen molar-refractivity contribution in [2.45, 2.75) is 31.9 Å². The van der Waals surface area contributed by atoms with Crippen molar-refractivity contribution < 1.29 is 9.90 Å². The smallest absolute Gasteiger partial charge is 0.256 e. The number of carbonyl (C=O) groups excluding carboxylic acids is 1. The van der Waals surface area contributed by atoms with E-state index >= 15 is 0 Å². The van der Waals surface area contributed by atoms with Crippen LogP contribution in [0.2, 0.25) is 0 Å². The van der Waals surface area contributed by atoms with E-state index in [9.17, 15) is 9.90 Å². The van der Waals surface area contributed by atoms with Crippen LogP contribution in [-0.4, -0.2) is 53.1 Å². The van der Waals surface area contributed by atoms with E-state index in [1.807, 2.05) is 37.1 Å². The van der Waals surface area contributed by atoms with Crippen molar-refractivity contribution >= 4 is 5.91 Å². The molecule has 1 fully saturated rings. The number of likely N-dealkylation sites (tertiary alicyclic amines) is 1. The van der Waals surface area contributed by atoms with Crippen molar-refractivity contribution in [1.29, 1.82) is 0 Å². The molecule has 0 aromatic heterocycles. The van der Waals surface area contributed by atoms with Crippen molar-refractivity contribution in [2.24, 2.45) is 0 Å². The van der Waals surface area contributed by atoms with Gasteiger partial charge in [-0.15, -0.1) is 6.58 Å². The van der Waals surface area contributed by atoms with Gasteiger partial charge in [0.2, 0.25) is 0 Å². The van der Waals surface area contributed by atoms with Gasteiger partial charge in [0.05, 0.1) is 0 Å². The van der Waals surface area contributed by atoms with Gasteiger partial charge < -0.3 is 10.0 Å². The molecular formula is C18H26N2O2. The van der Waals surface area contributed by atoms with Gasteiger partial charge in [-0.2, -0.15) is 0 Å². The zero-order valence-corrected chi connectivity index (χ0v) is 13.6. The van der Waals surface area contributed by atoms with Crippen LogP contribution in [0.4, 0.5) is 0 Å². The molecular weight excluding hydrogens is 276 g/mol. The first-order valence-corrected chi connectivity index (χ1v) is 7.81. The third kappa shape index (κ3) is 3.96. The minimum Gasteiger partial charge on any atom is -0.379 e. The van der Waals surface area contributed by atoms with Crippen LogP contribution in [0.25, 0.3) is 0 Å². The molecule has 1 atom stereocenters. The number of hydrogen-bond donors (Lipinski definition) is 1. The molecule has 22 heavy (non-hydrogen) atoms. The number of aryl methyl sites for hydroxylation is 1. The fourth-order valence-electron chi connectivity index (χ4n) is 3.13. The van der Waals surface area contributed by atoms with Crippen molar-refractivity contribution in [1.82, 2.24) is 9.80 Å². The molecule has 0 aliphatic carbocycles. The Morgan fingerprint density at radius 2 is 2.27 bits per heavy atom. The topological polar surface area (TPSA) is 43.8 Å². The van der Waals surface area contributed by atoms with E-state index in [4.69, 9.17) is 0 Å². The number of hydrogen-bond acceptors (Lipinski definition) is 3. The highest BCUT2D eigenvalue weighted by Crippen LogP contribution is 2.25. The molecule has 1 aliphatic heterocycles. The van der Waals surface area contributed by atoms with Gasteiger partial charge in [0, 0.05) is 26.2 Å². The lowest BCUT2D eigenvalue weighted by molar-refractivity contribution is -0.159. The molecule has 1 amide bonds. The molecule has 4 heteroatoms. The highest BCUT2D eigenvalue weighted by Gasteiger charge is 2.42. The van der Waals surface area contributed by atoms with Crippen LogP contribution in [0.1, 0.15) is 24.0 Å². The van der Waals surface area contributed by atoms with Crippen molar-refractivity contribution in [2.75, 3.05) is 26.7 Å². The summed E-state index contributed by atoms with van der Waals surface area (Å²) in [4.78, 5) is 16.4. The van der Waals surface area contributed by atoms with Gasteiger partial charge in [-0.1, -0.05) is 35.9 Å². The number of aliphatic hydroxyl groups is 1. The molecule has 1 heterocycles. The summed E-state index contributed by atoms with van der Waals surface area (Å²) >= 11 is 0. The summed E-state index contributed by atoms with van der Waals surface area (Å²) in [7, 11) is 1.90. The lowest BCUT2D eigenvalue weighted by atomic mass is 9.90. The van der Waals surface area contributed by atoms with Gasteiger partial charge in [-0.3, -0.25) is 9.69 Å². The fourth-order valence-corrected chi connectivity index (χ4v) is 3.13. The van der Waals surface area contributed by atoms with Gasteiger partial charge in [0.1, 0.15) is 0 Å². The quantitative estimate of drug-likeness (QED) is 0.817. The largest absolute Gasteiger partial charge is 0.379 e. The molecule has 1 aromatic rings. The second-order valence-corrected chi connectivity index (χ2v) is 6.34. The Kier molecular flexibility index (Phi) is 5.37. The number of carbonyl (C=O) groups is 1. The summed E-state index contributed by atoms with van der Waals surface area (Å²) < 4.78 is 0. The van der Waals surface area contributed by atoms with E-state index < -0.39 is 5.60 Å². The van der Waals surface area contributed by atoms with E-state index in [0.717, 1.165) is 12.0 Å². The average molecular weight is 302 g/mol. The monoisotopic (exact) mass is 302 g/mol. The highest BCUT2D eigenvalue weighted by atomic mass is 16.3. The maximum absolute atomic E-state index is 12.7. The summed E-state index contributed by atoms with van der Waals surface area (Å²) in [6, 6.07) is 8.16. The van der Waals surface area contributed by atoms with Crippen LogP contribution >= 0.6 is 0 Å². The van der Waals surface area contributed by atoms with Crippen LogP contribution in [0.15, 0.2) is 36.9 Å². The summed E-state index contributed by atoms with van der Waals surface area (Å²) in [6.45, 7) is 8.02. The van der Waals surface area contributed by atoms with Crippen LogP contribution in [0, 0.1) is 6.92 Å². The Morgan fingerprint density at radius 3 is 2.95 bits per heavy atom. The number of amides is 1. The second-order valence-electron chi connectivity index (χ2n) is 6.34. The third-order valence-electron chi connectivity index (χ3n) is 4.13. The molecule has 120 valence electrons. The first kappa shape index (κ1) is 16.7. The lowest BCUT2D eigenvalue weighted by Crippen LogP contribution is -2.57. The molecule has 2 rings (SSSR count). The molecule has 0 bridgehead atoms. The van der Waals surface area contributed by atoms with E-state index in [-0.39, 0.29) is 5.91 Å². The molecule has 0 radical (unpaired) electrons. The molecule has 1 aromatic carbocycles. The number of rotatable bonds is 6. The maximum Gasteiger partial charge on any atom is 0.256 e. The fraction of sp³-hybridized carbons (Fsp3) is 0.500. The van der Waals surface area contributed by atoms with Crippen molar-refractivity contribution in [3.8, 4) is 0 Å². The minimum atomic E-state index is -1.28. The highest BCUT2D eigenvalue weighted by molar-refractivity contribution is 5.86. The molecule has 0 unspecified atom stereocenters. The maximum atomic E-state index is 12.7. The average Bonchev–Trinajstić information content (AvgIpc) is 2.44. The van der Waals surface area contributed by atoms with Gasteiger partial charge in [0.15, 0.2) is 5.60 Å². The number of nitrogens with zero attached hydrogens (tertiary/aromatic N) is 2. The van der Waals surface area contributed by atoms with E-state index in [1.54, 1.807) is 11.0 Å². The van der Waals surface area contributed by atoms with E-state index in [1.165, 1.54) is 5.56 Å². The molecule has 1 N–H and O–H groups in total. The second kappa shape index (κ2) is 7.07. The number of piperidine rings is 1. The Morgan fingerprint density at radius 1 is 1.50 bits per heavy atom. The summed E-state index contributed by atoms with van der Waals surface area (Å²) in [6.07, 6.45) is 3.13. The summed E-state index contributed by atoms with van der Waals surface area (Å²) in [5, 5.41) is 10.8. The zero-order valence-electron chi connectivity index (χ0n) is 13.6. The van der Waals surface area contributed by atoms with Crippen LogP contribution in [0.3, 0.4) is 0 Å². The van der Waals surface area contributed by atoms with Crippen LogP contribution in [0.5, 0.6) is 0 Å². The lowest BCUT2D eigenvalue weighted by Gasteiger charge is -2.40. The minimum absolute atomic E-state index is 0.156. The standard InChI is InChI=1S/C18H26N2O2/c1-4-10-19(3)14-18(22)9-6-11-20(17(18)21)13-16-8-5-7-15(2)12-16/h4-5,7-8,12,22H,1,6,9-11,13-14H2,2-3H3/t18-/m0/s1. The first-order chi connectivity index (χ1) is 10.4. The number of benzene rings is 1. The van der Waals surface area contributed by atoms with E-state index in [0.29, 0.717) is 32.6 Å².